The third-order valence-corrected chi connectivity index (χ3v) is 3.49. The Kier molecular flexibility index (Phi) is 3.87. The number of nitrogens with zero attached hydrogens (tertiary/aromatic N) is 2. The molecule has 0 amide bonds. The summed E-state index contributed by atoms with van der Waals surface area (Å²) in [4.78, 5) is 10.3. The van der Waals surface area contributed by atoms with Crippen LogP contribution in [-0.4, -0.2) is 30.8 Å². The summed E-state index contributed by atoms with van der Waals surface area (Å²) in [7, 11) is -1.46. The Morgan fingerprint density at radius 1 is 1.60 bits per heavy atom. The summed E-state index contributed by atoms with van der Waals surface area (Å²) in [5, 5.41) is 13.0. The Morgan fingerprint density at radius 2 is 2.20 bits per heavy atom. The molecule has 0 aliphatic heterocycles. The van der Waals surface area contributed by atoms with Crippen LogP contribution in [0, 0.1) is 13.8 Å². The maximum Gasteiger partial charge on any atom is 0.316 e. The van der Waals surface area contributed by atoms with Gasteiger partial charge in [0.15, 0.2) is 0 Å². The van der Waals surface area contributed by atoms with Crippen molar-refractivity contribution >= 4 is 28.4 Å². The van der Waals surface area contributed by atoms with Gasteiger partial charge in [-0.1, -0.05) is 11.6 Å². The highest BCUT2D eigenvalue weighted by molar-refractivity contribution is 7.84. The molecule has 0 aliphatic rings. The smallest absolute Gasteiger partial charge is 0.316 e. The zero-order chi connectivity index (χ0) is 11.6. The molecule has 0 bridgehead atoms. The number of aromatic nitrogens is 2. The quantitative estimate of drug-likeness (QED) is 0.863. The second-order valence-corrected chi connectivity index (χ2v) is 4.90. The van der Waals surface area contributed by atoms with Gasteiger partial charge in [-0.3, -0.25) is 13.7 Å². The molecule has 0 radical (unpaired) electrons. The minimum atomic E-state index is -1.46. The van der Waals surface area contributed by atoms with Crippen molar-refractivity contribution in [2.45, 2.75) is 19.7 Å². The molecule has 1 unspecified atom stereocenters. The second kappa shape index (κ2) is 4.76. The van der Waals surface area contributed by atoms with Crippen molar-refractivity contribution in [1.82, 2.24) is 9.78 Å². The Labute approximate surface area is 94.5 Å². The third kappa shape index (κ3) is 3.04. The molecule has 15 heavy (non-hydrogen) atoms. The molecule has 0 fully saturated rings. The molecule has 84 valence electrons. The van der Waals surface area contributed by atoms with Gasteiger partial charge in [0.05, 0.1) is 27.2 Å². The molecule has 1 aromatic rings. The molecule has 1 atom stereocenters. The number of hydrogen-bond donors (Lipinski definition) is 1. The largest absolute Gasteiger partial charge is 0.481 e. The third-order valence-electron chi connectivity index (χ3n) is 1.84. The van der Waals surface area contributed by atoms with Crippen LogP contribution >= 0.6 is 11.6 Å². The first kappa shape index (κ1) is 12.2. The highest BCUT2D eigenvalue weighted by Gasteiger charge is 2.12. The highest BCUT2D eigenvalue weighted by atomic mass is 35.5. The summed E-state index contributed by atoms with van der Waals surface area (Å²) >= 11 is 5.89. The summed E-state index contributed by atoms with van der Waals surface area (Å²) in [6.45, 7) is 3.49. The van der Waals surface area contributed by atoms with Crippen LogP contribution in [0.25, 0.3) is 0 Å². The number of halogens is 1. The standard InChI is InChI=1S/C8H11ClN2O3S/c1-5-8(9)6(2)11(10-5)4-15(14)3-7(12)13/h3-4H2,1-2H3,(H,12,13). The minimum Gasteiger partial charge on any atom is -0.481 e. The summed E-state index contributed by atoms with van der Waals surface area (Å²) < 4.78 is 12.8. The molecule has 1 N–H and O–H groups in total. The molecule has 0 aliphatic carbocycles. The van der Waals surface area contributed by atoms with Crippen LogP contribution in [0.2, 0.25) is 5.02 Å². The van der Waals surface area contributed by atoms with Crippen molar-refractivity contribution < 1.29 is 14.1 Å². The van der Waals surface area contributed by atoms with E-state index in [0.29, 0.717) is 16.4 Å². The SMILES string of the molecule is Cc1nn(CS(=O)CC(=O)O)c(C)c1Cl. The van der Waals surface area contributed by atoms with E-state index in [0.717, 1.165) is 0 Å². The zero-order valence-corrected chi connectivity index (χ0v) is 9.93. The number of carboxylic acids is 1. The molecule has 0 spiro atoms. The van der Waals surface area contributed by atoms with Gasteiger partial charge in [-0.15, -0.1) is 0 Å². The molecule has 5 nitrogen and oxygen atoms in total. The van der Waals surface area contributed by atoms with Crippen LogP contribution in [-0.2, 0) is 21.5 Å². The minimum absolute atomic E-state index is 0.0612. The first-order valence-electron chi connectivity index (χ1n) is 4.18. The number of rotatable bonds is 4. The second-order valence-electron chi connectivity index (χ2n) is 3.09. The van der Waals surface area contributed by atoms with Gasteiger partial charge in [-0.2, -0.15) is 5.10 Å². The van der Waals surface area contributed by atoms with Gasteiger partial charge in [-0.25, -0.2) is 0 Å². The lowest BCUT2D eigenvalue weighted by Crippen LogP contribution is -2.15. The Balaban J connectivity index is 2.77. The van der Waals surface area contributed by atoms with E-state index in [1.807, 2.05) is 0 Å². The molecule has 0 aromatic carbocycles. The van der Waals surface area contributed by atoms with E-state index < -0.39 is 16.8 Å². The van der Waals surface area contributed by atoms with E-state index >= 15 is 0 Å². The Morgan fingerprint density at radius 3 is 2.60 bits per heavy atom. The van der Waals surface area contributed by atoms with Crippen LogP contribution in [0.15, 0.2) is 0 Å². The zero-order valence-electron chi connectivity index (χ0n) is 8.36. The Hall–Kier alpha value is -0.880. The average Bonchev–Trinajstić information content (AvgIpc) is 2.32. The van der Waals surface area contributed by atoms with Gasteiger partial charge >= 0.3 is 5.97 Å². The van der Waals surface area contributed by atoms with Crippen molar-refractivity contribution in [1.29, 1.82) is 0 Å². The van der Waals surface area contributed by atoms with Crippen LogP contribution in [0.4, 0.5) is 0 Å². The lowest BCUT2D eigenvalue weighted by atomic mass is 10.4. The average molecular weight is 251 g/mol. The molecule has 7 heteroatoms. The fraction of sp³-hybridized carbons (Fsp3) is 0.500. The van der Waals surface area contributed by atoms with Gasteiger partial charge in [0.2, 0.25) is 0 Å². The van der Waals surface area contributed by atoms with Crippen molar-refractivity contribution in [2.75, 3.05) is 5.75 Å². The molecule has 0 saturated heterocycles. The Bertz CT molecular complexity index is 416. The van der Waals surface area contributed by atoms with Crippen LogP contribution < -0.4 is 0 Å². The summed E-state index contributed by atoms with van der Waals surface area (Å²) in [5.41, 5.74) is 1.36. The topological polar surface area (TPSA) is 72.2 Å². The van der Waals surface area contributed by atoms with Gasteiger partial charge < -0.3 is 5.11 Å². The van der Waals surface area contributed by atoms with Crippen molar-refractivity contribution in [3.63, 3.8) is 0 Å². The fourth-order valence-corrected chi connectivity index (χ4v) is 2.15. The van der Waals surface area contributed by atoms with E-state index in [-0.39, 0.29) is 11.6 Å². The summed E-state index contributed by atoms with van der Waals surface area (Å²) in [5.74, 6) is -1.40. The van der Waals surface area contributed by atoms with Crippen molar-refractivity contribution in [3.05, 3.63) is 16.4 Å². The number of carboxylic acid groups (broad SMARTS) is 1. The predicted molar refractivity (Wildman–Crippen MR) is 57.4 cm³/mol. The fourth-order valence-electron chi connectivity index (χ4n) is 1.12. The number of carbonyl (C=O) groups is 1. The van der Waals surface area contributed by atoms with Gasteiger partial charge in [0.1, 0.15) is 11.6 Å². The van der Waals surface area contributed by atoms with Crippen molar-refractivity contribution in [3.8, 4) is 0 Å². The first-order chi connectivity index (χ1) is 6.91. The highest BCUT2D eigenvalue weighted by Crippen LogP contribution is 2.18. The molecule has 1 rings (SSSR count). The molecule has 1 aromatic heterocycles. The number of aryl methyl sites for hydroxylation is 1. The van der Waals surface area contributed by atoms with Crippen molar-refractivity contribution in [2.24, 2.45) is 0 Å². The lowest BCUT2D eigenvalue weighted by Gasteiger charge is -2.02. The van der Waals surface area contributed by atoms with E-state index in [4.69, 9.17) is 16.7 Å². The maximum atomic E-state index is 11.3. The van der Waals surface area contributed by atoms with Crippen LogP contribution in [0.3, 0.4) is 0 Å². The normalized spacial score (nSPS) is 12.7. The molecular weight excluding hydrogens is 240 g/mol. The van der Waals surface area contributed by atoms with E-state index in [9.17, 15) is 9.00 Å². The lowest BCUT2D eigenvalue weighted by molar-refractivity contribution is -0.133. The van der Waals surface area contributed by atoms with E-state index in [1.165, 1.54) is 4.68 Å². The molecule has 0 saturated carbocycles. The van der Waals surface area contributed by atoms with Gasteiger partial charge in [0, 0.05) is 0 Å². The predicted octanol–water partition coefficient (Wildman–Crippen LogP) is 0.944. The van der Waals surface area contributed by atoms with Crippen LogP contribution in [0.1, 0.15) is 11.4 Å². The number of hydrogen-bond acceptors (Lipinski definition) is 3. The van der Waals surface area contributed by atoms with Gasteiger partial charge in [0.25, 0.3) is 0 Å². The van der Waals surface area contributed by atoms with Crippen LogP contribution in [0.5, 0.6) is 0 Å². The number of aliphatic carboxylic acids is 1. The van der Waals surface area contributed by atoms with Gasteiger partial charge in [-0.05, 0) is 13.8 Å². The molecular formula is C8H11ClN2O3S. The summed E-state index contributed by atoms with van der Waals surface area (Å²) in [6, 6.07) is 0. The van der Waals surface area contributed by atoms with E-state index in [2.05, 4.69) is 5.10 Å². The summed E-state index contributed by atoms with van der Waals surface area (Å²) in [6.07, 6.45) is 0. The maximum absolute atomic E-state index is 11.3. The van der Waals surface area contributed by atoms with E-state index in [1.54, 1.807) is 13.8 Å². The monoisotopic (exact) mass is 250 g/mol. The molecule has 1 heterocycles. The first-order valence-corrected chi connectivity index (χ1v) is 6.04.